The second-order valence-electron chi connectivity index (χ2n) is 3.08. The molecule has 4 nitrogen and oxygen atoms in total. The third-order valence-corrected chi connectivity index (χ3v) is 2.09. The summed E-state index contributed by atoms with van der Waals surface area (Å²) in [4.78, 5) is 0. The van der Waals surface area contributed by atoms with Crippen molar-refractivity contribution in [2.75, 3.05) is 12.3 Å². The van der Waals surface area contributed by atoms with Gasteiger partial charge < -0.3 is 10.5 Å². The molecular weight excluding hydrogens is 178 g/mol. The van der Waals surface area contributed by atoms with Crippen LogP contribution in [0.3, 0.4) is 0 Å². The number of benzene rings is 1. The van der Waals surface area contributed by atoms with Crippen LogP contribution < -0.4 is 5.73 Å². The number of nitrogen functional groups attached to an aromatic ring is 1. The molecule has 2 N–H and O–H groups in total. The van der Waals surface area contributed by atoms with Crippen molar-refractivity contribution in [1.29, 1.82) is 0 Å². The highest BCUT2D eigenvalue weighted by molar-refractivity contribution is 5.81. The molecule has 14 heavy (non-hydrogen) atoms. The van der Waals surface area contributed by atoms with E-state index in [1.54, 1.807) is 4.68 Å². The summed E-state index contributed by atoms with van der Waals surface area (Å²) in [6.45, 7) is 3.12. The minimum Gasteiger partial charge on any atom is -0.399 e. The van der Waals surface area contributed by atoms with E-state index in [9.17, 15) is 0 Å². The van der Waals surface area contributed by atoms with Crippen molar-refractivity contribution in [2.24, 2.45) is 0 Å². The van der Waals surface area contributed by atoms with Crippen LogP contribution in [0.15, 0.2) is 24.4 Å². The van der Waals surface area contributed by atoms with Crippen molar-refractivity contribution >= 4 is 16.6 Å². The number of hydrogen-bond acceptors (Lipinski definition) is 3. The molecule has 0 aliphatic rings. The van der Waals surface area contributed by atoms with E-state index in [1.165, 1.54) is 0 Å². The van der Waals surface area contributed by atoms with Gasteiger partial charge in [-0.3, -0.25) is 0 Å². The molecule has 0 unspecified atom stereocenters. The fourth-order valence-corrected chi connectivity index (χ4v) is 1.37. The van der Waals surface area contributed by atoms with E-state index in [0.29, 0.717) is 13.3 Å². The van der Waals surface area contributed by atoms with Gasteiger partial charge in [0.15, 0.2) is 0 Å². The van der Waals surface area contributed by atoms with Crippen molar-refractivity contribution in [3.63, 3.8) is 0 Å². The minimum atomic E-state index is 0.476. The first kappa shape index (κ1) is 9.02. The van der Waals surface area contributed by atoms with Crippen LogP contribution in [0.4, 0.5) is 5.69 Å². The summed E-state index contributed by atoms with van der Waals surface area (Å²) in [5.41, 5.74) is 7.46. The Morgan fingerprint density at radius 1 is 1.50 bits per heavy atom. The number of rotatable bonds is 3. The highest BCUT2D eigenvalue weighted by Gasteiger charge is 2.01. The summed E-state index contributed by atoms with van der Waals surface area (Å²) in [5.74, 6) is 0. The summed E-state index contributed by atoms with van der Waals surface area (Å²) < 4.78 is 7.09. The van der Waals surface area contributed by atoms with Gasteiger partial charge >= 0.3 is 0 Å². The Morgan fingerprint density at radius 3 is 3.14 bits per heavy atom. The summed E-state index contributed by atoms with van der Waals surface area (Å²) in [5, 5.41) is 5.29. The first-order chi connectivity index (χ1) is 6.81. The van der Waals surface area contributed by atoms with E-state index in [0.717, 1.165) is 16.6 Å². The number of nitrogens with two attached hydrogens (primary N) is 1. The van der Waals surface area contributed by atoms with Crippen LogP contribution in [-0.2, 0) is 11.5 Å². The number of ether oxygens (including phenoxy) is 1. The third-order valence-electron chi connectivity index (χ3n) is 2.09. The second kappa shape index (κ2) is 3.67. The lowest BCUT2D eigenvalue weighted by atomic mass is 10.2. The zero-order chi connectivity index (χ0) is 9.97. The lowest BCUT2D eigenvalue weighted by molar-refractivity contribution is 0.0823. The van der Waals surface area contributed by atoms with Gasteiger partial charge in [0.25, 0.3) is 0 Å². The number of nitrogens with zero attached hydrogens (tertiary/aromatic N) is 2. The minimum absolute atomic E-state index is 0.476. The Kier molecular flexibility index (Phi) is 2.37. The van der Waals surface area contributed by atoms with Gasteiger partial charge in [0.05, 0.1) is 11.7 Å². The molecule has 1 aromatic carbocycles. The predicted octanol–water partition coefficient (Wildman–Crippen LogP) is 1.61. The standard InChI is InChI=1S/C10H13N3O/c1-2-14-7-13-10-5-9(11)4-3-8(10)6-12-13/h3-6H,2,7,11H2,1H3. The van der Waals surface area contributed by atoms with Crippen molar-refractivity contribution in [2.45, 2.75) is 13.7 Å². The number of aromatic nitrogens is 2. The maximum atomic E-state index is 5.70. The maximum Gasteiger partial charge on any atom is 0.139 e. The van der Waals surface area contributed by atoms with Gasteiger partial charge in [0.1, 0.15) is 6.73 Å². The molecule has 2 rings (SSSR count). The van der Waals surface area contributed by atoms with Crippen LogP contribution in [0, 0.1) is 0 Å². The quantitative estimate of drug-likeness (QED) is 0.750. The zero-order valence-corrected chi connectivity index (χ0v) is 8.10. The molecule has 0 aliphatic carbocycles. The van der Waals surface area contributed by atoms with Gasteiger partial charge in [0.2, 0.25) is 0 Å². The van der Waals surface area contributed by atoms with E-state index in [1.807, 2.05) is 31.3 Å². The normalized spacial score (nSPS) is 10.9. The Bertz CT molecular complexity index is 436. The maximum absolute atomic E-state index is 5.70. The molecule has 2 aromatic rings. The van der Waals surface area contributed by atoms with E-state index < -0.39 is 0 Å². The van der Waals surface area contributed by atoms with Gasteiger partial charge in [-0.15, -0.1) is 0 Å². The SMILES string of the molecule is CCOCn1ncc2ccc(N)cc21. The van der Waals surface area contributed by atoms with Crippen LogP contribution in [0.1, 0.15) is 6.92 Å². The second-order valence-corrected chi connectivity index (χ2v) is 3.08. The van der Waals surface area contributed by atoms with Crippen molar-refractivity contribution in [1.82, 2.24) is 9.78 Å². The van der Waals surface area contributed by atoms with E-state index in [-0.39, 0.29) is 0 Å². The van der Waals surface area contributed by atoms with Crippen LogP contribution in [0.25, 0.3) is 10.9 Å². The average molecular weight is 191 g/mol. The average Bonchev–Trinajstić information content (AvgIpc) is 2.57. The lowest BCUT2D eigenvalue weighted by Gasteiger charge is -2.03. The van der Waals surface area contributed by atoms with Crippen molar-refractivity contribution in [3.05, 3.63) is 24.4 Å². The largest absolute Gasteiger partial charge is 0.399 e. The van der Waals surface area contributed by atoms with Crippen LogP contribution in [0.5, 0.6) is 0 Å². The molecule has 0 aliphatic heterocycles. The molecule has 0 radical (unpaired) electrons. The Balaban J connectivity index is 2.40. The molecule has 1 heterocycles. The Labute approximate surface area is 82.3 Å². The van der Waals surface area contributed by atoms with E-state index in [2.05, 4.69) is 5.10 Å². The molecule has 74 valence electrons. The van der Waals surface area contributed by atoms with E-state index >= 15 is 0 Å². The molecule has 0 spiro atoms. The number of hydrogen-bond donors (Lipinski definition) is 1. The molecule has 0 saturated heterocycles. The number of anilines is 1. The Hall–Kier alpha value is -1.55. The molecular formula is C10H13N3O. The lowest BCUT2D eigenvalue weighted by Crippen LogP contribution is -2.03. The summed E-state index contributed by atoms with van der Waals surface area (Å²) in [6, 6.07) is 5.73. The van der Waals surface area contributed by atoms with Gasteiger partial charge in [-0.25, -0.2) is 4.68 Å². The molecule has 0 amide bonds. The van der Waals surface area contributed by atoms with Gasteiger partial charge in [-0.2, -0.15) is 5.10 Å². The van der Waals surface area contributed by atoms with Crippen molar-refractivity contribution in [3.8, 4) is 0 Å². The first-order valence-corrected chi connectivity index (χ1v) is 4.60. The zero-order valence-electron chi connectivity index (χ0n) is 8.10. The topological polar surface area (TPSA) is 53.1 Å². The highest BCUT2D eigenvalue weighted by atomic mass is 16.5. The molecule has 1 aromatic heterocycles. The fourth-order valence-electron chi connectivity index (χ4n) is 1.37. The summed E-state index contributed by atoms with van der Waals surface area (Å²) in [6.07, 6.45) is 1.81. The molecule has 4 heteroatoms. The van der Waals surface area contributed by atoms with Crippen LogP contribution in [0.2, 0.25) is 0 Å². The summed E-state index contributed by atoms with van der Waals surface area (Å²) >= 11 is 0. The monoisotopic (exact) mass is 191 g/mol. The smallest absolute Gasteiger partial charge is 0.139 e. The number of fused-ring (bicyclic) bond motifs is 1. The molecule has 0 saturated carbocycles. The first-order valence-electron chi connectivity index (χ1n) is 4.60. The van der Waals surface area contributed by atoms with Gasteiger partial charge in [0, 0.05) is 17.7 Å². The third kappa shape index (κ3) is 1.56. The fraction of sp³-hybridized carbons (Fsp3) is 0.300. The predicted molar refractivity (Wildman–Crippen MR) is 55.8 cm³/mol. The van der Waals surface area contributed by atoms with Crippen molar-refractivity contribution < 1.29 is 4.74 Å². The molecule has 0 atom stereocenters. The molecule has 0 bridgehead atoms. The van der Waals surface area contributed by atoms with Gasteiger partial charge in [-0.1, -0.05) is 0 Å². The summed E-state index contributed by atoms with van der Waals surface area (Å²) in [7, 11) is 0. The van der Waals surface area contributed by atoms with Crippen LogP contribution in [-0.4, -0.2) is 16.4 Å². The molecule has 0 fully saturated rings. The van der Waals surface area contributed by atoms with E-state index in [4.69, 9.17) is 10.5 Å². The van der Waals surface area contributed by atoms with Crippen LogP contribution >= 0.6 is 0 Å². The van der Waals surface area contributed by atoms with Gasteiger partial charge in [-0.05, 0) is 25.1 Å². The highest BCUT2D eigenvalue weighted by Crippen LogP contribution is 2.16. The Morgan fingerprint density at radius 2 is 2.36 bits per heavy atom.